The lowest BCUT2D eigenvalue weighted by atomic mass is 10.1. The number of hydrogen-bond acceptors (Lipinski definition) is 2. The van der Waals surface area contributed by atoms with Crippen LogP contribution in [0, 0.1) is 6.92 Å². The zero-order chi connectivity index (χ0) is 9.97. The Morgan fingerprint density at radius 1 is 1.14 bits per heavy atom. The molecule has 2 aromatic rings. The zero-order valence-corrected chi connectivity index (χ0v) is 8.67. The number of benzene rings is 1. The van der Waals surface area contributed by atoms with E-state index in [-0.39, 0.29) is 0 Å². The Hall–Kier alpha value is -1.41. The average Bonchev–Trinajstić information content (AvgIpc) is 2.65. The normalized spacial score (nSPS) is 10.1. The van der Waals surface area contributed by atoms with Gasteiger partial charge in [-0.15, -0.1) is 11.3 Å². The van der Waals surface area contributed by atoms with Crippen LogP contribution in [0.15, 0.2) is 35.7 Å². The first-order valence-corrected chi connectivity index (χ1v) is 5.29. The lowest BCUT2D eigenvalue weighted by Gasteiger charge is -1.99. The molecule has 0 bridgehead atoms. The number of thiophene rings is 1. The molecule has 1 nitrogen and oxygen atoms in total. The van der Waals surface area contributed by atoms with Crippen molar-refractivity contribution in [2.45, 2.75) is 6.92 Å². The van der Waals surface area contributed by atoms with Crippen molar-refractivity contribution >= 4 is 17.6 Å². The summed E-state index contributed by atoms with van der Waals surface area (Å²) in [5, 5.41) is 2.08. The molecule has 0 saturated carbocycles. The summed E-state index contributed by atoms with van der Waals surface area (Å²) >= 11 is 1.73. The maximum Gasteiger partial charge on any atom is 0.150 e. The molecule has 0 N–H and O–H groups in total. The highest BCUT2D eigenvalue weighted by molar-refractivity contribution is 7.13. The minimum absolute atomic E-state index is 0.725. The molecule has 70 valence electrons. The maximum atomic E-state index is 10.5. The standard InChI is InChI=1S/C12H10OS/c1-9-6-7-14-12(9)11-4-2-10(8-13)3-5-11/h2-8H,1H3. The second-order valence-corrected chi connectivity index (χ2v) is 4.09. The van der Waals surface area contributed by atoms with Crippen LogP contribution in [0.2, 0.25) is 0 Å². The van der Waals surface area contributed by atoms with E-state index in [0.29, 0.717) is 0 Å². The molecule has 0 spiro atoms. The minimum atomic E-state index is 0.725. The topological polar surface area (TPSA) is 17.1 Å². The number of aryl methyl sites for hydroxylation is 1. The third kappa shape index (κ3) is 1.61. The van der Waals surface area contributed by atoms with Gasteiger partial charge in [0.2, 0.25) is 0 Å². The molecular formula is C12H10OS. The summed E-state index contributed by atoms with van der Waals surface area (Å²) in [4.78, 5) is 11.8. The first-order chi connectivity index (χ1) is 6.81. The van der Waals surface area contributed by atoms with Gasteiger partial charge in [-0.25, -0.2) is 0 Å². The van der Waals surface area contributed by atoms with Crippen LogP contribution in [-0.2, 0) is 0 Å². The number of rotatable bonds is 2. The molecule has 0 unspecified atom stereocenters. The first kappa shape index (κ1) is 9.16. The number of aldehydes is 1. The number of carbonyl (C=O) groups excluding carboxylic acids is 1. The summed E-state index contributed by atoms with van der Waals surface area (Å²) in [5.41, 5.74) is 3.19. The van der Waals surface area contributed by atoms with E-state index in [1.807, 2.05) is 24.3 Å². The molecule has 0 aliphatic carbocycles. The first-order valence-electron chi connectivity index (χ1n) is 4.41. The highest BCUT2D eigenvalue weighted by Gasteiger charge is 2.02. The molecule has 0 radical (unpaired) electrons. The largest absolute Gasteiger partial charge is 0.298 e. The average molecular weight is 202 g/mol. The van der Waals surface area contributed by atoms with Gasteiger partial charge in [-0.2, -0.15) is 0 Å². The van der Waals surface area contributed by atoms with E-state index in [2.05, 4.69) is 18.4 Å². The fraction of sp³-hybridized carbons (Fsp3) is 0.0833. The summed E-state index contributed by atoms with van der Waals surface area (Å²) in [7, 11) is 0. The quantitative estimate of drug-likeness (QED) is 0.681. The van der Waals surface area contributed by atoms with Crippen molar-refractivity contribution in [1.29, 1.82) is 0 Å². The summed E-state index contributed by atoms with van der Waals surface area (Å²) in [6.07, 6.45) is 0.866. The Balaban J connectivity index is 2.43. The van der Waals surface area contributed by atoms with Gasteiger partial charge in [0.1, 0.15) is 6.29 Å². The smallest absolute Gasteiger partial charge is 0.150 e. The van der Waals surface area contributed by atoms with E-state index in [1.165, 1.54) is 16.0 Å². The fourth-order valence-electron chi connectivity index (χ4n) is 1.38. The lowest BCUT2D eigenvalue weighted by molar-refractivity contribution is 0.112. The molecule has 1 aromatic heterocycles. The third-order valence-electron chi connectivity index (χ3n) is 2.17. The van der Waals surface area contributed by atoms with Crippen LogP contribution in [-0.4, -0.2) is 6.29 Å². The van der Waals surface area contributed by atoms with Crippen molar-refractivity contribution in [2.24, 2.45) is 0 Å². The molecular weight excluding hydrogens is 192 g/mol. The maximum absolute atomic E-state index is 10.5. The van der Waals surface area contributed by atoms with Crippen LogP contribution >= 0.6 is 11.3 Å². The molecule has 2 heteroatoms. The molecule has 0 atom stereocenters. The lowest BCUT2D eigenvalue weighted by Crippen LogP contribution is -1.80. The fourth-order valence-corrected chi connectivity index (χ4v) is 2.32. The Kier molecular flexibility index (Phi) is 2.46. The minimum Gasteiger partial charge on any atom is -0.298 e. The molecule has 1 aromatic carbocycles. The second kappa shape index (κ2) is 3.76. The van der Waals surface area contributed by atoms with E-state index in [9.17, 15) is 4.79 Å². The van der Waals surface area contributed by atoms with E-state index in [1.54, 1.807) is 11.3 Å². The Morgan fingerprint density at radius 2 is 1.86 bits per heavy atom. The van der Waals surface area contributed by atoms with E-state index >= 15 is 0 Å². The van der Waals surface area contributed by atoms with Crippen LogP contribution < -0.4 is 0 Å². The van der Waals surface area contributed by atoms with Gasteiger partial charge in [-0.3, -0.25) is 4.79 Å². The van der Waals surface area contributed by atoms with Gasteiger partial charge < -0.3 is 0 Å². The van der Waals surface area contributed by atoms with Gasteiger partial charge in [0.15, 0.2) is 0 Å². The predicted molar refractivity (Wildman–Crippen MR) is 59.9 cm³/mol. The van der Waals surface area contributed by atoms with Gasteiger partial charge in [0.25, 0.3) is 0 Å². The van der Waals surface area contributed by atoms with Crippen molar-refractivity contribution in [3.05, 3.63) is 46.8 Å². The molecule has 0 aliphatic rings. The molecule has 2 rings (SSSR count). The van der Waals surface area contributed by atoms with Gasteiger partial charge in [0.05, 0.1) is 0 Å². The molecule has 14 heavy (non-hydrogen) atoms. The van der Waals surface area contributed by atoms with E-state index in [0.717, 1.165) is 11.8 Å². The van der Waals surface area contributed by atoms with Crippen LogP contribution in [0.3, 0.4) is 0 Å². The summed E-state index contributed by atoms with van der Waals surface area (Å²) in [6.45, 7) is 2.10. The summed E-state index contributed by atoms with van der Waals surface area (Å²) in [5.74, 6) is 0. The van der Waals surface area contributed by atoms with Crippen molar-refractivity contribution in [1.82, 2.24) is 0 Å². The molecule has 0 fully saturated rings. The summed E-state index contributed by atoms with van der Waals surface area (Å²) < 4.78 is 0. The monoisotopic (exact) mass is 202 g/mol. The van der Waals surface area contributed by atoms with Crippen molar-refractivity contribution < 1.29 is 4.79 Å². The summed E-state index contributed by atoms with van der Waals surface area (Å²) in [6, 6.07) is 9.78. The van der Waals surface area contributed by atoms with Crippen molar-refractivity contribution in [3.63, 3.8) is 0 Å². The zero-order valence-electron chi connectivity index (χ0n) is 7.86. The Labute approximate surface area is 87.0 Å². The van der Waals surface area contributed by atoms with Gasteiger partial charge in [-0.05, 0) is 29.5 Å². The number of hydrogen-bond donors (Lipinski definition) is 0. The SMILES string of the molecule is Cc1ccsc1-c1ccc(C=O)cc1. The van der Waals surface area contributed by atoms with Crippen LogP contribution in [0.25, 0.3) is 10.4 Å². The van der Waals surface area contributed by atoms with Gasteiger partial charge >= 0.3 is 0 Å². The molecule has 1 heterocycles. The third-order valence-corrected chi connectivity index (χ3v) is 3.24. The highest BCUT2D eigenvalue weighted by atomic mass is 32.1. The van der Waals surface area contributed by atoms with E-state index in [4.69, 9.17) is 0 Å². The molecule has 0 saturated heterocycles. The second-order valence-electron chi connectivity index (χ2n) is 3.17. The van der Waals surface area contributed by atoms with Crippen LogP contribution in [0.1, 0.15) is 15.9 Å². The van der Waals surface area contributed by atoms with Gasteiger partial charge in [-0.1, -0.05) is 24.3 Å². The number of carbonyl (C=O) groups is 1. The predicted octanol–water partition coefficient (Wildman–Crippen LogP) is 3.54. The van der Waals surface area contributed by atoms with Crippen LogP contribution in [0.5, 0.6) is 0 Å². The molecule has 0 amide bonds. The Morgan fingerprint density at radius 3 is 2.36 bits per heavy atom. The van der Waals surface area contributed by atoms with Crippen molar-refractivity contribution in [3.8, 4) is 10.4 Å². The van der Waals surface area contributed by atoms with Crippen LogP contribution in [0.4, 0.5) is 0 Å². The highest BCUT2D eigenvalue weighted by Crippen LogP contribution is 2.28. The van der Waals surface area contributed by atoms with E-state index < -0.39 is 0 Å². The van der Waals surface area contributed by atoms with Gasteiger partial charge in [0, 0.05) is 10.4 Å². The molecule has 0 aliphatic heterocycles. The Bertz CT molecular complexity index is 440. The van der Waals surface area contributed by atoms with Crippen molar-refractivity contribution in [2.75, 3.05) is 0 Å².